The van der Waals surface area contributed by atoms with E-state index in [0.717, 1.165) is 58.0 Å². The van der Waals surface area contributed by atoms with Crippen LogP contribution in [0.3, 0.4) is 0 Å². The van der Waals surface area contributed by atoms with E-state index in [0.29, 0.717) is 31.2 Å². The van der Waals surface area contributed by atoms with Gasteiger partial charge in [0.15, 0.2) is 0 Å². The van der Waals surface area contributed by atoms with Gasteiger partial charge in [-0.05, 0) is 51.0 Å². The van der Waals surface area contributed by atoms with E-state index < -0.39 is 6.04 Å². The number of pyridine rings is 1. The summed E-state index contributed by atoms with van der Waals surface area (Å²) in [5.41, 5.74) is 0.136. The van der Waals surface area contributed by atoms with Crippen LogP contribution in [0.2, 0.25) is 0 Å². The van der Waals surface area contributed by atoms with Gasteiger partial charge in [0.1, 0.15) is 11.6 Å². The standard InChI is InChI=1S/C23H33N3O5/c1-29-18-8-7-17(20(24-18)30-2)21(27)26-14-6-9-23(10-15-31-16-11-23)19(26)22(28)25-12-4-3-5-13-25/h7-8,19H,3-6,9-16H2,1-2H3. The zero-order valence-corrected chi connectivity index (χ0v) is 18.6. The molecule has 0 aromatic carbocycles. The van der Waals surface area contributed by atoms with Gasteiger partial charge >= 0.3 is 0 Å². The van der Waals surface area contributed by atoms with Gasteiger partial charge in [0, 0.05) is 44.3 Å². The van der Waals surface area contributed by atoms with Crippen molar-refractivity contribution in [3.63, 3.8) is 0 Å². The quantitative estimate of drug-likeness (QED) is 0.729. The zero-order chi connectivity index (χ0) is 21.8. The Morgan fingerprint density at radius 3 is 2.42 bits per heavy atom. The molecular weight excluding hydrogens is 398 g/mol. The lowest BCUT2D eigenvalue weighted by Crippen LogP contribution is -2.63. The first-order chi connectivity index (χ1) is 15.1. The Labute approximate surface area is 183 Å². The van der Waals surface area contributed by atoms with Crippen molar-refractivity contribution in [2.45, 2.75) is 51.0 Å². The zero-order valence-electron chi connectivity index (χ0n) is 18.6. The highest BCUT2D eigenvalue weighted by atomic mass is 16.5. The van der Waals surface area contributed by atoms with Gasteiger partial charge in [-0.2, -0.15) is 4.98 Å². The summed E-state index contributed by atoms with van der Waals surface area (Å²) in [7, 11) is 3.02. The van der Waals surface area contributed by atoms with E-state index in [1.165, 1.54) is 14.2 Å². The molecule has 8 heteroatoms. The summed E-state index contributed by atoms with van der Waals surface area (Å²) in [6.45, 7) is 3.38. The monoisotopic (exact) mass is 431 g/mol. The van der Waals surface area contributed by atoms with Crippen LogP contribution < -0.4 is 9.47 Å². The number of amides is 2. The van der Waals surface area contributed by atoms with Crippen LogP contribution in [0.15, 0.2) is 12.1 Å². The molecular formula is C23H33N3O5. The lowest BCUT2D eigenvalue weighted by Gasteiger charge is -2.52. The van der Waals surface area contributed by atoms with Gasteiger partial charge in [0.2, 0.25) is 17.7 Å². The molecule has 2 amide bonds. The summed E-state index contributed by atoms with van der Waals surface area (Å²) in [5, 5.41) is 0. The number of aromatic nitrogens is 1. The summed E-state index contributed by atoms with van der Waals surface area (Å²) >= 11 is 0. The highest BCUT2D eigenvalue weighted by Gasteiger charge is 2.52. The molecule has 1 unspecified atom stereocenters. The fraction of sp³-hybridized carbons (Fsp3) is 0.696. The van der Waals surface area contributed by atoms with Crippen molar-refractivity contribution in [1.82, 2.24) is 14.8 Å². The van der Waals surface area contributed by atoms with Gasteiger partial charge in [-0.25, -0.2) is 0 Å². The van der Waals surface area contributed by atoms with E-state index in [9.17, 15) is 9.59 Å². The van der Waals surface area contributed by atoms with Crippen LogP contribution in [0.4, 0.5) is 0 Å². The van der Waals surface area contributed by atoms with Gasteiger partial charge in [0.05, 0.1) is 14.2 Å². The Hall–Kier alpha value is -2.35. The van der Waals surface area contributed by atoms with Crippen LogP contribution in [0.5, 0.6) is 11.8 Å². The maximum atomic E-state index is 13.9. The summed E-state index contributed by atoms with van der Waals surface area (Å²) in [6, 6.07) is 2.87. The van der Waals surface area contributed by atoms with Crippen LogP contribution in [-0.2, 0) is 9.53 Å². The normalized spacial score (nSPS) is 23.5. The number of carbonyl (C=O) groups excluding carboxylic acids is 2. The largest absolute Gasteiger partial charge is 0.481 e. The molecule has 31 heavy (non-hydrogen) atoms. The van der Waals surface area contributed by atoms with Gasteiger partial charge < -0.3 is 24.0 Å². The fourth-order valence-electron chi connectivity index (χ4n) is 5.41. The van der Waals surface area contributed by atoms with Gasteiger partial charge in [-0.15, -0.1) is 0 Å². The molecule has 3 fully saturated rings. The van der Waals surface area contributed by atoms with Gasteiger partial charge in [-0.3, -0.25) is 9.59 Å². The van der Waals surface area contributed by atoms with Gasteiger partial charge in [-0.1, -0.05) is 0 Å². The first-order valence-corrected chi connectivity index (χ1v) is 11.4. The third kappa shape index (κ3) is 4.22. The maximum absolute atomic E-state index is 13.9. The van der Waals surface area contributed by atoms with E-state index in [1.54, 1.807) is 17.0 Å². The van der Waals surface area contributed by atoms with Crippen LogP contribution in [0.1, 0.15) is 55.3 Å². The molecule has 3 aliphatic heterocycles. The average molecular weight is 432 g/mol. The molecule has 4 rings (SSSR count). The number of likely N-dealkylation sites (tertiary alicyclic amines) is 2. The number of piperidine rings is 2. The minimum atomic E-state index is -0.470. The Bertz CT molecular complexity index is 797. The average Bonchev–Trinajstić information content (AvgIpc) is 2.83. The third-order valence-corrected chi connectivity index (χ3v) is 7.08. The van der Waals surface area contributed by atoms with Crippen molar-refractivity contribution in [1.29, 1.82) is 0 Å². The molecule has 0 bridgehead atoms. The molecule has 170 valence electrons. The predicted molar refractivity (Wildman–Crippen MR) is 114 cm³/mol. The molecule has 1 atom stereocenters. The van der Waals surface area contributed by atoms with Crippen molar-refractivity contribution in [3.05, 3.63) is 17.7 Å². The molecule has 8 nitrogen and oxygen atoms in total. The van der Waals surface area contributed by atoms with Crippen molar-refractivity contribution in [3.8, 4) is 11.8 Å². The number of hydrogen-bond donors (Lipinski definition) is 0. The summed E-state index contributed by atoms with van der Waals surface area (Å²) in [5.74, 6) is 0.497. The second-order valence-electron chi connectivity index (χ2n) is 8.78. The Morgan fingerprint density at radius 2 is 1.74 bits per heavy atom. The molecule has 0 saturated carbocycles. The number of rotatable bonds is 4. The number of hydrogen-bond acceptors (Lipinski definition) is 6. The van der Waals surface area contributed by atoms with E-state index in [-0.39, 0.29) is 23.1 Å². The van der Waals surface area contributed by atoms with Crippen LogP contribution in [-0.4, -0.2) is 79.7 Å². The summed E-state index contributed by atoms with van der Waals surface area (Å²) < 4.78 is 16.2. The smallest absolute Gasteiger partial charge is 0.260 e. The minimum Gasteiger partial charge on any atom is -0.481 e. The number of methoxy groups -OCH3 is 2. The first-order valence-electron chi connectivity index (χ1n) is 11.4. The van der Waals surface area contributed by atoms with Gasteiger partial charge in [0.25, 0.3) is 5.91 Å². The fourth-order valence-corrected chi connectivity index (χ4v) is 5.41. The van der Waals surface area contributed by atoms with Crippen molar-refractivity contribution < 1.29 is 23.8 Å². The topological polar surface area (TPSA) is 81.2 Å². The molecule has 1 aromatic heterocycles. The SMILES string of the molecule is COc1ccc(C(=O)N2CCCC3(CCOCC3)C2C(=O)N2CCCCC2)c(OC)n1. The Kier molecular flexibility index (Phi) is 6.65. The van der Waals surface area contributed by atoms with Crippen LogP contribution in [0.25, 0.3) is 0 Å². The molecule has 0 radical (unpaired) electrons. The first kappa shape index (κ1) is 21.9. The second kappa shape index (κ2) is 9.42. The van der Waals surface area contributed by atoms with E-state index in [4.69, 9.17) is 14.2 Å². The second-order valence-corrected chi connectivity index (χ2v) is 8.78. The highest BCUT2D eigenvalue weighted by molar-refractivity contribution is 5.99. The molecule has 1 aromatic rings. The van der Waals surface area contributed by atoms with Crippen molar-refractivity contribution >= 4 is 11.8 Å². The number of ether oxygens (including phenoxy) is 3. The highest BCUT2D eigenvalue weighted by Crippen LogP contribution is 2.45. The molecule has 3 saturated heterocycles. The molecule has 1 spiro atoms. The van der Waals surface area contributed by atoms with E-state index >= 15 is 0 Å². The van der Waals surface area contributed by atoms with Crippen molar-refractivity contribution in [2.75, 3.05) is 47.1 Å². The minimum absolute atomic E-state index is 0.0927. The molecule has 0 N–H and O–H groups in total. The number of carbonyl (C=O) groups is 2. The maximum Gasteiger partial charge on any atom is 0.260 e. The van der Waals surface area contributed by atoms with Crippen LogP contribution in [0, 0.1) is 5.41 Å². The molecule has 0 aliphatic carbocycles. The predicted octanol–water partition coefficient (Wildman–Crippen LogP) is 2.51. The summed E-state index contributed by atoms with van der Waals surface area (Å²) in [6.07, 6.45) is 6.64. The lowest BCUT2D eigenvalue weighted by molar-refractivity contribution is -0.149. The molecule has 4 heterocycles. The van der Waals surface area contributed by atoms with Crippen molar-refractivity contribution in [2.24, 2.45) is 5.41 Å². The Morgan fingerprint density at radius 1 is 1.00 bits per heavy atom. The number of nitrogens with zero attached hydrogens (tertiary/aromatic N) is 3. The lowest BCUT2D eigenvalue weighted by atomic mass is 9.67. The molecule has 3 aliphatic rings. The Balaban J connectivity index is 1.70. The van der Waals surface area contributed by atoms with Crippen LogP contribution >= 0.6 is 0 Å². The third-order valence-electron chi connectivity index (χ3n) is 7.08. The summed E-state index contributed by atoms with van der Waals surface area (Å²) in [4.78, 5) is 35.7. The van der Waals surface area contributed by atoms with E-state index in [2.05, 4.69) is 4.98 Å². The van der Waals surface area contributed by atoms with E-state index in [1.807, 2.05) is 4.90 Å².